The Balaban J connectivity index is 1.93. The number of aromatic nitrogens is 3. The lowest BCUT2D eigenvalue weighted by Gasteiger charge is -2.07. The van der Waals surface area contributed by atoms with Crippen molar-refractivity contribution in [2.24, 2.45) is 0 Å². The summed E-state index contributed by atoms with van der Waals surface area (Å²) in [6.07, 6.45) is 2.37. The van der Waals surface area contributed by atoms with Gasteiger partial charge in [-0.05, 0) is 44.4 Å². The molecule has 0 spiro atoms. The molecule has 0 radical (unpaired) electrons. The van der Waals surface area contributed by atoms with Crippen LogP contribution in [0.3, 0.4) is 0 Å². The number of carboxylic acids is 1. The molecule has 1 fully saturated rings. The monoisotopic (exact) mass is 341 g/mol. The molecule has 0 saturated heterocycles. The van der Waals surface area contributed by atoms with Gasteiger partial charge in [0.1, 0.15) is 23.7 Å². The van der Waals surface area contributed by atoms with Crippen LogP contribution in [0.15, 0.2) is 23.0 Å². The Kier molecular flexibility index (Phi) is 3.34. The summed E-state index contributed by atoms with van der Waals surface area (Å²) < 4.78 is 11.7. The van der Waals surface area contributed by atoms with Crippen molar-refractivity contribution < 1.29 is 24.0 Å². The summed E-state index contributed by atoms with van der Waals surface area (Å²) in [5, 5.41) is 13.4. The molecule has 0 amide bonds. The smallest absolute Gasteiger partial charge is 0.420 e. The minimum atomic E-state index is -1.13. The second kappa shape index (κ2) is 5.44. The molecule has 3 aromatic rings. The number of fused-ring (bicyclic) bond motifs is 1. The van der Waals surface area contributed by atoms with Gasteiger partial charge in [0.25, 0.3) is 0 Å². The van der Waals surface area contributed by atoms with Crippen LogP contribution in [0.5, 0.6) is 0 Å². The number of benzene rings is 1. The van der Waals surface area contributed by atoms with Gasteiger partial charge >= 0.3 is 12.1 Å². The number of carbonyl (C=O) groups is 2. The minimum absolute atomic E-state index is 0.00507. The van der Waals surface area contributed by atoms with Gasteiger partial charge in [0.05, 0.1) is 16.8 Å². The van der Waals surface area contributed by atoms with Crippen LogP contribution in [-0.4, -0.2) is 38.0 Å². The Morgan fingerprint density at radius 3 is 2.68 bits per heavy atom. The number of rotatable bonds is 3. The maximum atomic E-state index is 12.3. The van der Waals surface area contributed by atoms with Crippen molar-refractivity contribution >= 4 is 23.1 Å². The topological polar surface area (TPSA) is 107 Å². The van der Waals surface area contributed by atoms with E-state index in [9.17, 15) is 14.7 Å². The van der Waals surface area contributed by atoms with E-state index in [4.69, 9.17) is 9.26 Å². The maximum absolute atomic E-state index is 12.3. The van der Waals surface area contributed by atoms with Crippen molar-refractivity contribution in [1.29, 1.82) is 0 Å². The molecule has 0 aliphatic heterocycles. The van der Waals surface area contributed by atoms with E-state index in [-0.39, 0.29) is 17.2 Å². The summed E-state index contributed by atoms with van der Waals surface area (Å²) >= 11 is 0. The van der Waals surface area contributed by atoms with Crippen LogP contribution in [0.1, 0.15) is 34.7 Å². The van der Waals surface area contributed by atoms with Gasteiger partial charge in [-0.2, -0.15) is 0 Å². The number of aromatic carboxylic acids is 1. The normalized spacial score (nSPS) is 14.0. The van der Waals surface area contributed by atoms with E-state index in [2.05, 4.69) is 10.1 Å². The van der Waals surface area contributed by atoms with Crippen LogP contribution in [-0.2, 0) is 4.74 Å². The molecular formula is C17H15N3O5. The first-order valence-electron chi connectivity index (χ1n) is 7.84. The second-order valence-corrected chi connectivity index (χ2v) is 6.09. The van der Waals surface area contributed by atoms with Crippen molar-refractivity contribution in [3.63, 3.8) is 0 Å². The molecule has 2 aromatic heterocycles. The molecule has 1 saturated carbocycles. The Hall–Kier alpha value is -3.16. The van der Waals surface area contributed by atoms with E-state index < -0.39 is 12.1 Å². The zero-order chi connectivity index (χ0) is 17.7. The summed E-state index contributed by atoms with van der Waals surface area (Å²) in [4.78, 5) is 28.1. The third-order valence-corrected chi connectivity index (χ3v) is 4.19. The van der Waals surface area contributed by atoms with Gasteiger partial charge in [-0.3, -0.25) is 0 Å². The standard InChI is InChI=1S/C17H15N3O5/c1-8-14(9(2)25-19-8)10-5-12(16(21)22)15-13(6-10)20(7-18-15)17(23)24-11-3-4-11/h5-7,11H,3-4H2,1-2H3,(H,21,22). The van der Waals surface area contributed by atoms with Crippen LogP contribution in [0.4, 0.5) is 4.79 Å². The van der Waals surface area contributed by atoms with Crippen molar-refractivity contribution in [3.8, 4) is 11.1 Å². The average molecular weight is 341 g/mol. The molecule has 4 rings (SSSR count). The van der Waals surface area contributed by atoms with Gasteiger partial charge in [-0.15, -0.1) is 0 Å². The molecule has 1 N–H and O–H groups in total. The molecule has 1 aromatic carbocycles. The average Bonchev–Trinajstić information content (AvgIpc) is 3.17. The number of imidazole rings is 1. The van der Waals surface area contributed by atoms with Crippen LogP contribution >= 0.6 is 0 Å². The van der Waals surface area contributed by atoms with Crippen molar-refractivity contribution in [2.75, 3.05) is 0 Å². The highest BCUT2D eigenvalue weighted by Gasteiger charge is 2.28. The van der Waals surface area contributed by atoms with Gasteiger partial charge in [0.15, 0.2) is 0 Å². The molecule has 128 valence electrons. The van der Waals surface area contributed by atoms with Crippen molar-refractivity contribution in [3.05, 3.63) is 35.5 Å². The fourth-order valence-electron chi connectivity index (χ4n) is 2.85. The molecule has 0 unspecified atom stereocenters. The zero-order valence-corrected chi connectivity index (χ0v) is 13.6. The number of ether oxygens (including phenoxy) is 1. The van der Waals surface area contributed by atoms with E-state index in [1.807, 2.05) is 0 Å². The number of nitrogens with zero attached hydrogens (tertiary/aromatic N) is 3. The third kappa shape index (κ3) is 2.55. The maximum Gasteiger partial charge on any atom is 0.420 e. The summed E-state index contributed by atoms with van der Waals surface area (Å²) in [5.41, 5.74) is 2.55. The number of carboxylic acid groups (broad SMARTS) is 1. The molecular weight excluding hydrogens is 326 g/mol. The highest BCUT2D eigenvalue weighted by Crippen LogP contribution is 2.32. The summed E-state index contributed by atoms with van der Waals surface area (Å²) in [5.74, 6) is -0.556. The largest absolute Gasteiger partial charge is 0.478 e. The fraction of sp³-hybridized carbons (Fsp3) is 0.294. The molecule has 25 heavy (non-hydrogen) atoms. The van der Waals surface area contributed by atoms with E-state index >= 15 is 0 Å². The van der Waals surface area contributed by atoms with E-state index in [1.165, 1.54) is 17.0 Å². The lowest BCUT2D eigenvalue weighted by molar-refractivity contribution is 0.0698. The van der Waals surface area contributed by atoms with Gasteiger partial charge in [-0.1, -0.05) is 5.16 Å². The Morgan fingerprint density at radius 2 is 2.08 bits per heavy atom. The lowest BCUT2D eigenvalue weighted by atomic mass is 10.0. The number of hydrogen-bond acceptors (Lipinski definition) is 6. The summed E-state index contributed by atoms with van der Waals surface area (Å²) in [7, 11) is 0. The summed E-state index contributed by atoms with van der Waals surface area (Å²) in [6, 6.07) is 3.22. The predicted octanol–water partition coefficient (Wildman–Crippen LogP) is 3.15. The Bertz CT molecular complexity index is 993. The third-order valence-electron chi connectivity index (χ3n) is 4.19. The fourth-order valence-corrected chi connectivity index (χ4v) is 2.85. The highest BCUT2D eigenvalue weighted by molar-refractivity contribution is 6.05. The van der Waals surface area contributed by atoms with Crippen LogP contribution < -0.4 is 0 Å². The van der Waals surface area contributed by atoms with E-state index in [0.717, 1.165) is 12.8 Å². The van der Waals surface area contributed by atoms with Crippen LogP contribution in [0.25, 0.3) is 22.2 Å². The molecule has 2 heterocycles. The zero-order valence-electron chi connectivity index (χ0n) is 13.6. The molecule has 1 aliphatic rings. The van der Waals surface area contributed by atoms with Gasteiger partial charge in [0.2, 0.25) is 0 Å². The Morgan fingerprint density at radius 1 is 1.32 bits per heavy atom. The van der Waals surface area contributed by atoms with E-state index in [1.54, 1.807) is 19.9 Å². The number of hydrogen-bond donors (Lipinski definition) is 1. The summed E-state index contributed by atoms with van der Waals surface area (Å²) in [6.45, 7) is 3.52. The first-order valence-corrected chi connectivity index (χ1v) is 7.84. The second-order valence-electron chi connectivity index (χ2n) is 6.09. The van der Waals surface area contributed by atoms with Crippen molar-refractivity contribution in [2.45, 2.75) is 32.8 Å². The first-order chi connectivity index (χ1) is 12.0. The number of aryl methyl sites for hydroxylation is 2. The van der Waals surface area contributed by atoms with Gasteiger partial charge in [0, 0.05) is 5.56 Å². The predicted molar refractivity (Wildman–Crippen MR) is 86.6 cm³/mol. The number of carbonyl (C=O) groups excluding carboxylic acids is 1. The van der Waals surface area contributed by atoms with E-state index in [0.29, 0.717) is 28.1 Å². The highest BCUT2D eigenvalue weighted by atomic mass is 16.6. The van der Waals surface area contributed by atoms with Crippen LogP contribution in [0, 0.1) is 13.8 Å². The molecule has 8 heteroatoms. The quantitative estimate of drug-likeness (QED) is 0.779. The van der Waals surface area contributed by atoms with Gasteiger partial charge in [-0.25, -0.2) is 19.1 Å². The first kappa shape index (κ1) is 15.4. The molecule has 8 nitrogen and oxygen atoms in total. The molecule has 0 atom stereocenters. The van der Waals surface area contributed by atoms with Crippen molar-refractivity contribution in [1.82, 2.24) is 14.7 Å². The van der Waals surface area contributed by atoms with Crippen LogP contribution in [0.2, 0.25) is 0 Å². The van der Waals surface area contributed by atoms with Gasteiger partial charge < -0.3 is 14.4 Å². The lowest BCUT2D eigenvalue weighted by Crippen LogP contribution is -2.14. The molecule has 1 aliphatic carbocycles. The molecule has 0 bridgehead atoms. The Labute approximate surface area is 142 Å². The minimum Gasteiger partial charge on any atom is -0.478 e. The SMILES string of the molecule is Cc1noc(C)c1-c1cc(C(=O)O)c2ncn(C(=O)OC3CC3)c2c1.